The molecule has 50 heavy (non-hydrogen) atoms. The molecule has 0 fully saturated rings. The smallest absolute Gasteiger partial charge is 0.166 e. The van der Waals surface area contributed by atoms with E-state index in [-0.39, 0.29) is 0 Å². The molecule has 0 aliphatic rings. The molecule has 0 amide bonds. The Labute approximate surface area is 287 Å². The summed E-state index contributed by atoms with van der Waals surface area (Å²) in [6, 6.07) is 58.5. The highest BCUT2D eigenvalue weighted by molar-refractivity contribution is 6.24. The van der Waals surface area contributed by atoms with Gasteiger partial charge in [-0.3, -0.25) is 0 Å². The molecule has 234 valence electrons. The molecule has 0 N–H and O–H groups in total. The van der Waals surface area contributed by atoms with Gasteiger partial charge < -0.3 is 8.98 Å². The second kappa shape index (κ2) is 11.4. The van der Waals surface area contributed by atoms with Gasteiger partial charge in [0.1, 0.15) is 11.2 Å². The monoisotopic (exact) mass is 640 g/mol. The SMILES string of the molecule is c1ccc(-c2ccc(-n3c4ccccc4c4ccc5oc6ccccc6c5c43)c(-c3nc(-c4ccccc4)nc(-c4ccccc4)n3)c2)cc1. The lowest BCUT2D eigenvalue weighted by molar-refractivity contribution is 0.669. The van der Waals surface area contributed by atoms with E-state index in [0.717, 1.165) is 71.9 Å². The van der Waals surface area contributed by atoms with E-state index in [9.17, 15) is 0 Å². The molecular weight excluding hydrogens is 613 g/mol. The zero-order valence-corrected chi connectivity index (χ0v) is 26.9. The third kappa shape index (κ3) is 4.52. The number of fused-ring (bicyclic) bond motifs is 7. The topological polar surface area (TPSA) is 56.7 Å². The summed E-state index contributed by atoms with van der Waals surface area (Å²) in [6.45, 7) is 0. The first-order chi connectivity index (χ1) is 24.8. The van der Waals surface area contributed by atoms with Crippen LogP contribution in [0.1, 0.15) is 0 Å². The van der Waals surface area contributed by atoms with Crippen molar-refractivity contribution in [2.24, 2.45) is 0 Å². The molecule has 0 saturated carbocycles. The molecule has 0 bridgehead atoms. The summed E-state index contributed by atoms with van der Waals surface area (Å²) in [7, 11) is 0. The fraction of sp³-hybridized carbons (Fsp3) is 0. The minimum absolute atomic E-state index is 0.598. The van der Waals surface area contributed by atoms with Crippen molar-refractivity contribution in [3.05, 3.63) is 170 Å². The first-order valence-corrected chi connectivity index (χ1v) is 16.7. The molecule has 0 aliphatic heterocycles. The summed E-state index contributed by atoms with van der Waals surface area (Å²) in [5, 5.41) is 4.48. The van der Waals surface area contributed by atoms with Crippen molar-refractivity contribution in [3.8, 4) is 51.0 Å². The molecule has 10 rings (SSSR count). The Morgan fingerprint density at radius 3 is 1.68 bits per heavy atom. The van der Waals surface area contributed by atoms with E-state index in [1.807, 2.05) is 78.9 Å². The largest absolute Gasteiger partial charge is 0.456 e. The fourth-order valence-corrected chi connectivity index (χ4v) is 7.16. The van der Waals surface area contributed by atoms with E-state index in [1.165, 1.54) is 5.39 Å². The molecule has 5 heteroatoms. The summed E-state index contributed by atoms with van der Waals surface area (Å²) in [5.74, 6) is 1.84. The van der Waals surface area contributed by atoms with E-state index >= 15 is 0 Å². The van der Waals surface area contributed by atoms with Gasteiger partial charge in [-0.25, -0.2) is 15.0 Å². The first-order valence-electron chi connectivity index (χ1n) is 16.7. The highest BCUT2D eigenvalue weighted by atomic mass is 16.3. The van der Waals surface area contributed by atoms with Crippen molar-refractivity contribution in [1.29, 1.82) is 0 Å². The first kappa shape index (κ1) is 28.2. The lowest BCUT2D eigenvalue weighted by atomic mass is 10.0. The van der Waals surface area contributed by atoms with Crippen molar-refractivity contribution < 1.29 is 4.42 Å². The summed E-state index contributed by atoms with van der Waals surface area (Å²) in [4.78, 5) is 15.4. The normalized spacial score (nSPS) is 11.6. The van der Waals surface area contributed by atoms with Gasteiger partial charge in [0.05, 0.1) is 22.1 Å². The summed E-state index contributed by atoms with van der Waals surface area (Å²) >= 11 is 0. The van der Waals surface area contributed by atoms with Crippen LogP contribution in [-0.2, 0) is 0 Å². The van der Waals surface area contributed by atoms with Crippen LogP contribution in [0.5, 0.6) is 0 Å². The third-order valence-corrected chi connectivity index (χ3v) is 9.46. The Balaban J connectivity index is 1.34. The van der Waals surface area contributed by atoms with Crippen LogP contribution >= 0.6 is 0 Å². The van der Waals surface area contributed by atoms with E-state index in [0.29, 0.717) is 17.5 Å². The summed E-state index contributed by atoms with van der Waals surface area (Å²) < 4.78 is 8.79. The molecule has 0 spiro atoms. The summed E-state index contributed by atoms with van der Waals surface area (Å²) in [5.41, 5.74) is 9.81. The van der Waals surface area contributed by atoms with Gasteiger partial charge in [-0.1, -0.05) is 133 Å². The van der Waals surface area contributed by atoms with Crippen LogP contribution < -0.4 is 0 Å². The maximum atomic E-state index is 6.42. The van der Waals surface area contributed by atoms with E-state index in [2.05, 4.69) is 95.6 Å². The van der Waals surface area contributed by atoms with E-state index < -0.39 is 0 Å². The third-order valence-electron chi connectivity index (χ3n) is 9.46. The van der Waals surface area contributed by atoms with Crippen molar-refractivity contribution >= 4 is 43.7 Å². The molecule has 10 aromatic rings. The van der Waals surface area contributed by atoms with Gasteiger partial charge in [0.25, 0.3) is 0 Å². The standard InChI is InChI=1S/C45H28N4O/c1-4-14-29(15-5-1)32-24-26-38(36(28-32)45-47-43(30-16-6-2-7-17-30)46-44(48-45)31-18-8-3-9-19-31)49-37-22-12-10-20-33(37)34-25-27-40-41(42(34)49)35-21-11-13-23-39(35)50-40/h1-28H. The van der Waals surface area contributed by atoms with Gasteiger partial charge in [0.2, 0.25) is 0 Å². The number of hydrogen-bond acceptors (Lipinski definition) is 4. The van der Waals surface area contributed by atoms with Crippen molar-refractivity contribution in [2.75, 3.05) is 0 Å². The maximum absolute atomic E-state index is 6.42. The Kier molecular flexibility index (Phi) is 6.42. The van der Waals surface area contributed by atoms with Crippen molar-refractivity contribution in [2.45, 2.75) is 0 Å². The van der Waals surface area contributed by atoms with Crippen LogP contribution in [0.4, 0.5) is 0 Å². The van der Waals surface area contributed by atoms with E-state index in [4.69, 9.17) is 19.4 Å². The number of furan rings is 1. The average molecular weight is 641 g/mol. The highest BCUT2D eigenvalue weighted by Crippen LogP contribution is 2.43. The molecular formula is C45H28N4O. The number of benzene rings is 7. The molecule has 0 unspecified atom stereocenters. The molecule has 0 aliphatic carbocycles. The van der Waals surface area contributed by atoms with Gasteiger partial charge >= 0.3 is 0 Å². The zero-order valence-electron chi connectivity index (χ0n) is 26.9. The Morgan fingerprint density at radius 2 is 0.980 bits per heavy atom. The second-order valence-corrected chi connectivity index (χ2v) is 12.4. The van der Waals surface area contributed by atoms with Gasteiger partial charge in [-0.15, -0.1) is 0 Å². The molecule has 5 nitrogen and oxygen atoms in total. The van der Waals surface area contributed by atoms with E-state index in [1.54, 1.807) is 0 Å². The van der Waals surface area contributed by atoms with Crippen LogP contribution in [0.3, 0.4) is 0 Å². The molecule has 0 atom stereocenters. The van der Waals surface area contributed by atoms with Crippen molar-refractivity contribution in [3.63, 3.8) is 0 Å². The van der Waals surface area contributed by atoms with Gasteiger partial charge in [0, 0.05) is 32.8 Å². The predicted octanol–water partition coefficient (Wildman–Crippen LogP) is 11.5. The highest BCUT2D eigenvalue weighted by Gasteiger charge is 2.23. The molecule has 3 aromatic heterocycles. The quantitative estimate of drug-likeness (QED) is 0.188. The zero-order chi connectivity index (χ0) is 33.0. The Hall–Kier alpha value is -6.85. The number of para-hydroxylation sites is 2. The number of nitrogens with zero attached hydrogens (tertiary/aromatic N) is 4. The van der Waals surface area contributed by atoms with Gasteiger partial charge in [-0.05, 0) is 47.5 Å². The van der Waals surface area contributed by atoms with Gasteiger partial charge in [0.15, 0.2) is 17.5 Å². The molecule has 7 aromatic carbocycles. The Bertz CT molecular complexity index is 2800. The average Bonchev–Trinajstić information content (AvgIpc) is 3.74. The van der Waals surface area contributed by atoms with Crippen LogP contribution in [0.15, 0.2) is 174 Å². The van der Waals surface area contributed by atoms with Crippen molar-refractivity contribution in [1.82, 2.24) is 19.5 Å². The number of aromatic nitrogens is 4. The number of rotatable bonds is 5. The van der Waals surface area contributed by atoms with Crippen LogP contribution in [0.25, 0.3) is 94.7 Å². The lowest BCUT2D eigenvalue weighted by Crippen LogP contribution is -2.04. The Morgan fingerprint density at radius 1 is 0.400 bits per heavy atom. The van der Waals surface area contributed by atoms with Crippen LogP contribution in [0.2, 0.25) is 0 Å². The fourth-order valence-electron chi connectivity index (χ4n) is 7.16. The minimum Gasteiger partial charge on any atom is -0.456 e. The van der Waals surface area contributed by atoms with Crippen LogP contribution in [0, 0.1) is 0 Å². The molecule has 3 heterocycles. The van der Waals surface area contributed by atoms with Crippen LogP contribution in [-0.4, -0.2) is 19.5 Å². The van der Waals surface area contributed by atoms with Gasteiger partial charge in [-0.2, -0.15) is 0 Å². The molecule has 0 radical (unpaired) electrons. The summed E-state index contributed by atoms with van der Waals surface area (Å²) in [6.07, 6.45) is 0. The maximum Gasteiger partial charge on any atom is 0.166 e. The number of hydrogen-bond donors (Lipinski definition) is 0. The lowest BCUT2D eigenvalue weighted by Gasteiger charge is -2.16. The molecule has 0 saturated heterocycles. The second-order valence-electron chi connectivity index (χ2n) is 12.4. The predicted molar refractivity (Wildman–Crippen MR) is 203 cm³/mol. The minimum atomic E-state index is 0.598.